The summed E-state index contributed by atoms with van der Waals surface area (Å²) in [7, 11) is -7.47. The minimum Gasteiger partial charge on any atom is -0.207 e. The van der Waals surface area contributed by atoms with Gasteiger partial charge in [0, 0.05) is 26.2 Å². The maximum atomic E-state index is 13.3. The molecule has 8 heteroatoms. The molecule has 6 nitrogen and oxygen atoms in total. The Morgan fingerprint density at radius 2 is 1.41 bits per heavy atom. The van der Waals surface area contributed by atoms with Gasteiger partial charge in [0.15, 0.2) is 0 Å². The van der Waals surface area contributed by atoms with Crippen LogP contribution in [0.3, 0.4) is 0 Å². The Hall–Kier alpha value is -2.52. The van der Waals surface area contributed by atoms with Crippen molar-refractivity contribution in [2.45, 2.75) is 42.0 Å². The van der Waals surface area contributed by atoms with E-state index in [1.54, 1.807) is 6.92 Å². The second-order valence-electron chi connectivity index (χ2n) is 8.50. The van der Waals surface area contributed by atoms with Crippen molar-refractivity contribution in [1.29, 1.82) is 0 Å². The molecule has 34 heavy (non-hydrogen) atoms. The molecule has 0 unspecified atom stereocenters. The highest BCUT2D eigenvalue weighted by Crippen LogP contribution is 2.30. The first-order valence-electron chi connectivity index (χ1n) is 11.5. The molecule has 0 amide bonds. The Labute approximate surface area is 203 Å². The second kappa shape index (κ2) is 10.4. The molecule has 0 radical (unpaired) electrons. The van der Waals surface area contributed by atoms with Crippen LogP contribution in [-0.4, -0.2) is 45.1 Å². The summed E-state index contributed by atoms with van der Waals surface area (Å²) in [5, 5.41) is 0. The molecule has 1 atom stereocenters. The molecule has 1 aliphatic rings. The number of piperidine rings is 1. The highest BCUT2D eigenvalue weighted by molar-refractivity contribution is 7.89. The number of nitrogens with zero attached hydrogens (tertiary/aromatic N) is 2. The lowest BCUT2D eigenvalue weighted by atomic mass is 9.92. The van der Waals surface area contributed by atoms with Gasteiger partial charge in [-0.3, -0.25) is 0 Å². The van der Waals surface area contributed by atoms with Crippen LogP contribution in [0.15, 0.2) is 94.7 Å². The predicted molar refractivity (Wildman–Crippen MR) is 133 cm³/mol. The van der Waals surface area contributed by atoms with Crippen LogP contribution in [0.4, 0.5) is 0 Å². The van der Waals surface area contributed by atoms with Crippen LogP contribution in [0, 0.1) is 0 Å². The molecule has 1 fully saturated rings. The molecule has 180 valence electrons. The van der Waals surface area contributed by atoms with Crippen LogP contribution in [0.1, 0.15) is 36.8 Å². The van der Waals surface area contributed by atoms with E-state index in [0.29, 0.717) is 19.6 Å². The normalized spacial score (nSPS) is 17.6. The van der Waals surface area contributed by atoms with Crippen molar-refractivity contribution in [2.24, 2.45) is 0 Å². The Bertz CT molecular complexity index is 1290. The summed E-state index contributed by atoms with van der Waals surface area (Å²) in [6.45, 7) is 3.25. The fourth-order valence-corrected chi connectivity index (χ4v) is 7.35. The highest BCUT2D eigenvalue weighted by Gasteiger charge is 2.31. The number of rotatable bonds is 8. The van der Waals surface area contributed by atoms with E-state index in [2.05, 4.69) is 0 Å². The summed E-state index contributed by atoms with van der Waals surface area (Å²) in [4.78, 5) is 0.205. The average Bonchev–Trinajstić information content (AvgIpc) is 2.88. The maximum absolute atomic E-state index is 13.3. The Morgan fingerprint density at radius 1 is 0.824 bits per heavy atom. The van der Waals surface area contributed by atoms with Gasteiger partial charge in [-0.15, -0.1) is 0 Å². The van der Waals surface area contributed by atoms with E-state index < -0.39 is 20.0 Å². The van der Waals surface area contributed by atoms with Crippen molar-refractivity contribution in [3.8, 4) is 0 Å². The lowest BCUT2D eigenvalue weighted by molar-refractivity contribution is 0.315. The third-order valence-electron chi connectivity index (χ3n) is 6.31. The first-order valence-corrected chi connectivity index (χ1v) is 14.4. The van der Waals surface area contributed by atoms with Crippen LogP contribution < -0.4 is 0 Å². The number of benzene rings is 3. The third-order valence-corrected chi connectivity index (χ3v) is 10.1. The first-order chi connectivity index (χ1) is 16.3. The summed E-state index contributed by atoms with van der Waals surface area (Å²) in [6.07, 6.45) is 1.73. The quantitative estimate of drug-likeness (QED) is 0.459. The summed E-state index contributed by atoms with van der Waals surface area (Å²) in [5.74, 6) is 0.153. The number of hydrogen-bond acceptors (Lipinski definition) is 4. The molecule has 3 aromatic carbocycles. The number of sulfonamides is 2. The molecule has 4 rings (SSSR count). The smallest absolute Gasteiger partial charge is 0.207 e. The monoisotopic (exact) mass is 498 g/mol. The van der Waals surface area contributed by atoms with Gasteiger partial charge in [0.05, 0.1) is 9.79 Å². The molecule has 3 aromatic rings. The van der Waals surface area contributed by atoms with Gasteiger partial charge < -0.3 is 0 Å². The fourth-order valence-electron chi connectivity index (χ4n) is 4.39. The molecule has 1 saturated heterocycles. The van der Waals surface area contributed by atoms with Gasteiger partial charge in [0.1, 0.15) is 0 Å². The van der Waals surface area contributed by atoms with E-state index >= 15 is 0 Å². The SMILES string of the molecule is CCN(Cc1ccccc1)S(=O)(=O)c1ccc(S(=O)(=O)N2CCC[C@H](c3ccccc3)C2)cc1. The zero-order valence-corrected chi connectivity index (χ0v) is 20.9. The highest BCUT2D eigenvalue weighted by atomic mass is 32.2. The molecule has 1 aliphatic heterocycles. The minimum atomic E-state index is -3.76. The van der Waals surface area contributed by atoms with Crippen LogP contribution in [0.5, 0.6) is 0 Å². The van der Waals surface area contributed by atoms with E-state index in [1.165, 1.54) is 32.9 Å². The predicted octanol–water partition coefficient (Wildman–Crippen LogP) is 4.47. The molecule has 0 N–H and O–H groups in total. The lowest BCUT2D eigenvalue weighted by Crippen LogP contribution is -2.39. The average molecular weight is 499 g/mol. The van der Waals surface area contributed by atoms with Crippen molar-refractivity contribution in [1.82, 2.24) is 8.61 Å². The summed E-state index contributed by atoms with van der Waals surface area (Å²) in [6, 6.07) is 25.0. The molecule has 0 spiro atoms. The summed E-state index contributed by atoms with van der Waals surface area (Å²) in [5.41, 5.74) is 2.03. The van der Waals surface area contributed by atoms with Gasteiger partial charge >= 0.3 is 0 Å². The van der Waals surface area contributed by atoms with Crippen molar-refractivity contribution < 1.29 is 16.8 Å². The van der Waals surface area contributed by atoms with E-state index in [1.807, 2.05) is 60.7 Å². The standard InChI is InChI=1S/C26H30N2O4S2/c1-2-27(20-22-10-5-3-6-11-22)33(29,30)25-15-17-26(18-16-25)34(31,32)28-19-9-14-24(21-28)23-12-7-4-8-13-23/h3-8,10-13,15-18,24H,2,9,14,19-21H2,1H3/t24-/m0/s1. The Kier molecular flexibility index (Phi) is 7.52. The van der Waals surface area contributed by atoms with Crippen molar-refractivity contribution in [3.63, 3.8) is 0 Å². The van der Waals surface area contributed by atoms with Crippen molar-refractivity contribution in [3.05, 3.63) is 96.1 Å². The maximum Gasteiger partial charge on any atom is 0.243 e. The first kappa shape index (κ1) is 24.6. The van der Waals surface area contributed by atoms with E-state index in [4.69, 9.17) is 0 Å². The number of hydrogen-bond donors (Lipinski definition) is 0. The van der Waals surface area contributed by atoms with Crippen LogP contribution in [-0.2, 0) is 26.6 Å². The molecular formula is C26H30N2O4S2. The Morgan fingerprint density at radius 3 is 2.03 bits per heavy atom. The topological polar surface area (TPSA) is 74.8 Å². The third kappa shape index (κ3) is 5.25. The molecular weight excluding hydrogens is 468 g/mol. The summed E-state index contributed by atoms with van der Waals surface area (Å²) >= 11 is 0. The molecule has 0 saturated carbocycles. The zero-order valence-electron chi connectivity index (χ0n) is 19.2. The van der Waals surface area contributed by atoms with Crippen LogP contribution >= 0.6 is 0 Å². The van der Waals surface area contributed by atoms with Gasteiger partial charge in [-0.2, -0.15) is 8.61 Å². The van der Waals surface area contributed by atoms with Crippen molar-refractivity contribution >= 4 is 20.0 Å². The van der Waals surface area contributed by atoms with E-state index in [-0.39, 0.29) is 22.3 Å². The van der Waals surface area contributed by atoms with Gasteiger partial charge in [0.2, 0.25) is 20.0 Å². The largest absolute Gasteiger partial charge is 0.243 e. The molecule has 0 bridgehead atoms. The van der Waals surface area contributed by atoms with Crippen LogP contribution in [0.2, 0.25) is 0 Å². The lowest BCUT2D eigenvalue weighted by Gasteiger charge is -2.32. The molecule has 0 aliphatic carbocycles. The minimum absolute atomic E-state index is 0.0880. The van der Waals surface area contributed by atoms with E-state index in [9.17, 15) is 16.8 Å². The second-order valence-corrected chi connectivity index (χ2v) is 12.4. The molecule has 0 aromatic heterocycles. The zero-order chi connectivity index (χ0) is 24.2. The van der Waals surface area contributed by atoms with Gasteiger partial charge in [0.25, 0.3) is 0 Å². The van der Waals surface area contributed by atoms with Crippen molar-refractivity contribution in [2.75, 3.05) is 19.6 Å². The van der Waals surface area contributed by atoms with Gasteiger partial charge in [-0.25, -0.2) is 16.8 Å². The molecule has 1 heterocycles. The Balaban J connectivity index is 1.53. The van der Waals surface area contributed by atoms with Crippen LogP contribution in [0.25, 0.3) is 0 Å². The van der Waals surface area contributed by atoms with Gasteiger partial charge in [-0.05, 0) is 54.2 Å². The summed E-state index contributed by atoms with van der Waals surface area (Å²) < 4.78 is 55.9. The fraction of sp³-hybridized carbons (Fsp3) is 0.308. The van der Waals surface area contributed by atoms with Gasteiger partial charge in [-0.1, -0.05) is 67.6 Å². The van der Waals surface area contributed by atoms with E-state index in [0.717, 1.165) is 24.0 Å².